The summed E-state index contributed by atoms with van der Waals surface area (Å²) in [7, 11) is 0. The number of carbonyl (C=O) groups excluding carboxylic acids is 3. The zero-order valence-corrected chi connectivity index (χ0v) is 33.0. The Hall–Kier alpha value is -3.67. The van der Waals surface area contributed by atoms with E-state index in [2.05, 4.69) is 63.3 Å². The maximum atomic E-state index is 12.6. The third kappa shape index (κ3) is 37.6. The normalized spacial score (nSPS) is 13.1. The molecule has 292 valence electrons. The van der Waals surface area contributed by atoms with Crippen molar-refractivity contribution in [2.75, 3.05) is 13.2 Å². The van der Waals surface area contributed by atoms with Crippen LogP contribution in [0.1, 0.15) is 156 Å². The lowest BCUT2D eigenvalue weighted by Gasteiger charge is -2.18. The van der Waals surface area contributed by atoms with Crippen molar-refractivity contribution in [2.45, 2.75) is 162 Å². The molecule has 0 rings (SSSR count). The Morgan fingerprint density at radius 3 is 1.40 bits per heavy atom. The van der Waals surface area contributed by atoms with Gasteiger partial charge in [0.15, 0.2) is 6.10 Å². The van der Waals surface area contributed by atoms with Gasteiger partial charge in [-0.05, 0) is 57.8 Å². The number of allylic oxidation sites excluding steroid dienone is 16. The van der Waals surface area contributed by atoms with E-state index in [9.17, 15) is 14.4 Å². The Balaban J connectivity index is 4.60. The molecular formula is C46H72O6. The van der Waals surface area contributed by atoms with Gasteiger partial charge >= 0.3 is 17.9 Å². The molecule has 0 saturated carbocycles. The number of hydrogen-bond acceptors (Lipinski definition) is 6. The summed E-state index contributed by atoms with van der Waals surface area (Å²) < 4.78 is 16.5. The molecule has 1 atom stereocenters. The van der Waals surface area contributed by atoms with Crippen molar-refractivity contribution in [1.29, 1.82) is 0 Å². The molecule has 0 saturated heterocycles. The van der Waals surface area contributed by atoms with E-state index >= 15 is 0 Å². The van der Waals surface area contributed by atoms with E-state index in [-0.39, 0.29) is 44.0 Å². The second kappa shape index (κ2) is 40.1. The Bertz CT molecular complexity index is 1100. The highest BCUT2D eigenvalue weighted by Crippen LogP contribution is 2.12. The topological polar surface area (TPSA) is 78.9 Å². The molecule has 0 aromatic rings. The lowest BCUT2D eigenvalue weighted by atomic mass is 10.1. The molecule has 0 aliphatic heterocycles. The van der Waals surface area contributed by atoms with Crippen molar-refractivity contribution in [3.63, 3.8) is 0 Å². The fraction of sp³-hybridized carbons (Fsp3) is 0.587. The molecule has 0 aromatic heterocycles. The molecule has 0 heterocycles. The predicted molar refractivity (Wildman–Crippen MR) is 219 cm³/mol. The Morgan fingerprint density at radius 1 is 0.423 bits per heavy atom. The van der Waals surface area contributed by atoms with Gasteiger partial charge < -0.3 is 14.2 Å². The summed E-state index contributed by atoms with van der Waals surface area (Å²) in [6, 6.07) is 0. The molecular weight excluding hydrogens is 648 g/mol. The van der Waals surface area contributed by atoms with Gasteiger partial charge in [0.1, 0.15) is 13.2 Å². The molecule has 0 N–H and O–H groups in total. The summed E-state index contributed by atoms with van der Waals surface area (Å²) in [5, 5.41) is 0. The SMILES string of the molecule is CC\C=C/C=C\C=C/C=C\C=C/CCCC(=O)OCC(COC(=O)CCCCCCCCCCCC)OC(=O)CCC/C=C\C/C=C\C/C=C\CC. The van der Waals surface area contributed by atoms with Gasteiger partial charge in [-0.15, -0.1) is 0 Å². The lowest BCUT2D eigenvalue weighted by molar-refractivity contribution is -0.167. The standard InChI is InChI=1S/C46H72O6/c1-4-7-10-13-16-19-22-23-25-27-30-33-36-39-45(48)51-42-43(41-50-44(47)38-35-32-29-26-21-18-15-12-9-6-3)52-46(49)40-37-34-31-28-24-20-17-14-11-8-5-2/h7-8,10-11,13,16-17,19-20,22-23,25,27-28,30-31,43H,4-6,9,12,14-15,18,21,24,26,29,32-42H2,1-3H3/b10-7-,11-8-,16-13-,20-17-,22-19-,25-23-,30-27-,31-28-. The molecule has 0 spiro atoms. The number of rotatable bonds is 34. The average molecular weight is 721 g/mol. The smallest absolute Gasteiger partial charge is 0.306 e. The van der Waals surface area contributed by atoms with Crippen molar-refractivity contribution in [3.05, 3.63) is 97.2 Å². The second-order valence-electron chi connectivity index (χ2n) is 12.9. The molecule has 6 heteroatoms. The van der Waals surface area contributed by atoms with E-state index in [0.717, 1.165) is 57.8 Å². The Kier molecular flexibility index (Phi) is 37.3. The zero-order chi connectivity index (χ0) is 38.0. The summed E-state index contributed by atoms with van der Waals surface area (Å²) in [4.78, 5) is 37.5. The van der Waals surface area contributed by atoms with Gasteiger partial charge in [-0.2, -0.15) is 0 Å². The first-order chi connectivity index (χ1) is 25.5. The van der Waals surface area contributed by atoms with E-state index in [1.54, 1.807) is 0 Å². The molecule has 1 unspecified atom stereocenters. The number of hydrogen-bond donors (Lipinski definition) is 0. The number of ether oxygens (including phenoxy) is 3. The van der Waals surface area contributed by atoms with Crippen LogP contribution in [0.3, 0.4) is 0 Å². The Morgan fingerprint density at radius 2 is 0.846 bits per heavy atom. The zero-order valence-electron chi connectivity index (χ0n) is 33.0. The Labute approximate surface area is 317 Å². The van der Waals surface area contributed by atoms with Crippen LogP contribution in [0.5, 0.6) is 0 Å². The van der Waals surface area contributed by atoms with Crippen LogP contribution in [0.4, 0.5) is 0 Å². The van der Waals surface area contributed by atoms with Gasteiger partial charge in [-0.3, -0.25) is 14.4 Å². The summed E-state index contributed by atoms with van der Waals surface area (Å²) >= 11 is 0. The number of unbranched alkanes of at least 4 members (excludes halogenated alkanes) is 11. The van der Waals surface area contributed by atoms with Crippen molar-refractivity contribution >= 4 is 17.9 Å². The van der Waals surface area contributed by atoms with E-state index in [1.165, 1.54) is 44.9 Å². The highest BCUT2D eigenvalue weighted by molar-refractivity contribution is 5.71. The molecule has 0 amide bonds. The van der Waals surface area contributed by atoms with E-state index in [4.69, 9.17) is 14.2 Å². The van der Waals surface area contributed by atoms with Crippen LogP contribution >= 0.6 is 0 Å². The summed E-state index contributed by atoms with van der Waals surface area (Å²) in [6.07, 6.45) is 51.2. The van der Waals surface area contributed by atoms with Crippen molar-refractivity contribution in [2.24, 2.45) is 0 Å². The number of carbonyl (C=O) groups is 3. The van der Waals surface area contributed by atoms with Gasteiger partial charge in [-0.1, -0.05) is 176 Å². The first kappa shape index (κ1) is 48.3. The van der Waals surface area contributed by atoms with E-state index < -0.39 is 6.10 Å². The molecule has 6 nitrogen and oxygen atoms in total. The number of esters is 3. The molecule has 52 heavy (non-hydrogen) atoms. The quantitative estimate of drug-likeness (QED) is 0.0216. The molecule has 0 radical (unpaired) electrons. The van der Waals surface area contributed by atoms with Gasteiger partial charge in [0.2, 0.25) is 0 Å². The molecule has 0 fully saturated rings. The van der Waals surface area contributed by atoms with Crippen LogP contribution in [0.2, 0.25) is 0 Å². The highest BCUT2D eigenvalue weighted by Gasteiger charge is 2.19. The maximum absolute atomic E-state index is 12.6. The van der Waals surface area contributed by atoms with Crippen LogP contribution in [-0.2, 0) is 28.6 Å². The van der Waals surface area contributed by atoms with Crippen molar-refractivity contribution in [1.82, 2.24) is 0 Å². The van der Waals surface area contributed by atoms with Gasteiger partial charge in [-0.25, -0.2) is 0 Å². The van der Waals surface area contributed by atoms with Gasteiger partial charge in [0.05, 0.1) is 0 Å². The van der Waals surface area contributed by atoms with Crippen LogP contribution in [0.15, 0.2) is 97.2 Å². The minimum atomic E-state index is -0.828. The molecule has 0 aliphatic carbocycles. The van der Waals surface area contributed by atoms with Crippen molar-refractivity contribution < 1.29 is 28.6 Å². The predicted octanol–water partition coefficient (Wildman–Crippen LogP) is 12.7. The largest absolute Gasteiger partial charge is 0.462 e. The third-order valence-corrected chi connectivity index (χ3v) is 7.96. The molecule has 0 aliphatic rings. The first-order valence-electron chi connectivity index (χ1n) is 20.3. The van der Waals surface area contributed by atoms with Gasteiger partial charge in [0.25, 0.3) is 0 Å². The summed E-state index contributed by atoms with van der Waals surface area (Å²) in [5.74, 6) is -1.07. The molecule has 0 bridgehead atoms. The third-order valence-electron chi connectivity index (χ3n) is 7.96. The summed E-state index contributed by atoms with van der Waals surface area (Å²) in [6.45, 7) is 6.20. The first-order valence-corrected chi connectivity index (χ1v) is 20.3. The summed E-state index contributed by atoms with van der Waals surface area (Å²) in [5.41, 5.74) is 0. The fourth-order valence-electron chi connectivity index (χ4n) is 4.96. The highest BCUT2D eigenvalue weighted by atomic mass is 16.6. The van der Waals surface area contributed by atoms with E-state index in [0.29, 0.717) is 19.3 Å². The average Bonchev–Trinajstić information content (AvgIpc) is 3.14. The lowest BCUT2D eigenvalue weighted by Crippen LogP contribution is -2.30. The van der Waals surface area contributed by atoms with Crippen LogP contribution in [-0.4, -0.2) is 37.2 Å². The van der Waals surface area contributed by atoms with E-state index in [1.807, 2.05) is 54.7 Å². The van der Waals surface area contributed by atoms with Crippen molar-refractivity contribution in [3.8, 4) is 0 Å². The fourth-order valence-corrected chi connectivity index (χ4v) is 4.96. The van der Waals surface area contributed by atoms with Gasteiger partial charge in [0, 0.05) is 19.3 Å². The minimum absolute atomic E-state index is 0.121. The van der Waals surface area contributed by atoms with Crippen LogP contribution < -0.4 is 0 Å². The van der Waals surface area contributed by atoms with Crippen LogP contribution in [0, 0.1) is 0 Å². The minimum Gasteiger partial charge on any atom is -0.462 e. The van der Waals surface area contributed by atoms with Crippen LogP contribution in [0.25, 0.3) is 0 Å². The monoisotopic (exact) mass is 721 g/mol. The second-order valence-corrected chi connectivity index (χ2v) is 12.9. The maximum Gasteiger partial charge on any atom is 0.306 e. The molecule has 0 aromatic carbocycles.